The number of benzene rings is 2. The maximum absolute atomic E-state index is 13.7. The first-order valence-corrected chi connectivity index (χ1v) is 6.84. The minimum atomic E-state index is -0.576. The number of hydrogen-bond donors (Lipinski definition) is 1. The summed E-state index contributed by atoms with van der Waals surface area (Å²) in [5.41, 5.74) is 0.790. The maximum Gasteiger partial charge on any atom is 0.261 e. The van der Waals surface area contributed by atoms with Crippen molar-refractivity contribution < 1.29 is 18.1 Å². The molecule has 2 aromatic carbocycles. The molecule has 4 nitrogen and oxygen atoms in total. The third-order valence-electron chi connectivity index (χ3n) is 3.31. The van der Waals surface area contributed by atoms with Gasteiger partial charge in [-0.25, -0.2) is 8.78 Å². The van der Waals surface area contributed by atoms with Crippen molar-refractivity contribution in [3.63, 3.8) is 0 Å². The van der Waals surface area contributed by atoms with Crippen molar-refractivity contribution in [1.82, 2.24) is 5.16 Å². The van der Waals surface area contributed by atoms with Crippen molar-refractivity contribution in [2.45, 2.75) is 6.92 Å². The molecule has 1 heterocycles. The normalized spacial score (nSPS) is 10.6. The molecule has 0 fully saturated rings. The molecular formula is C17H12F2N2O2. The fourth-order valence-electron chi connectivity index (χ4n) is 2.22. The van der Waals surface area contributed by atoms with Gasteiger partial charge >= 0.3 is 0 Å². The Morgan fingerprint density at radius 2 is 1.91 bits per heavy atom. The van der Waals surface area contributed by atoms with Crippen LogP contribution in [0.5, 0.6) is 0 Å². The van der Waals surface area contributed by atoms with Crippen LogP contribution in [0.15, 0.2) is 53.1 Å². The summed E-state index contributed by atoms with van der Waals surface area (Å²) in [5.74, 6) is -1.32. The van der Waals surface area contributed by atoms with Gasteiger partial charge in [0.1, 0.15) is 28.7 Å². The van der Waals surface area contributed by atoms with Crippen LogP contribution in [0.25, 0.3) is 11.3 Å². The van der Waals surface area contributed by atoms with E-state index in [1.165, 1.54) is 36.4 Å². The van der Waals surface area contributed by atoms with E-state index in [1.54, 1.807) is 19.1 Å². The van der Waals surface area contributed by atoms with Crippen LogP contribution in [-0.4, -0.2) is 11.1 Å². The standard InChI is InChI=1S/C17H12F2N2O2/c1-10-15(17(22)20-14-8-3-2-7-13(14)19)16(21-23-10)11-5-4-6-12(18)9-11/h2-9H,1H3,(H,20,22). The molecule has 116 valence electrons. The molecule has 0 spiro atoms. The van der Waals surface area contributed by atoms with E-state index in [0.717, 1.165) is 0 Å². The molecule has 0 saturated heterocycles. The summed E-state index contributed by atoms with van der Waals surface area (Å²) in [4.78, 5) is 12.5. The van der Waals surface area contributed by atoms with E-state index in [1.807, 2.05) is 0 Å². The van der Waals surface area contributed by atoms with Crippen molar-refractivity contribution in [3.05, 3.63) is 71.5 Å². The molecular weight excluding hydrogens is 302 g/mol. The van der Waals surface area contributed by atoms with Crippen LogP contribution in [0, 0.1) is 18.6 Å². The monoisotopic (exact) mass is 314 g/mol. The van der Waals surface area contributed by atoms with Gasteiger partial charge in [0.25, 0.3) is 5.91 Å². The van der Waals surface area contributed by atoms with Crippen molar-refractivity contribution in [2.24, 2.45) is 0 Å². The molecule has 3 aromatic rings. The van der Waals surface area contributed by atoms with Crippen molar-refractivity contribution in [2.75, 3.05) is 5.32 Å². The van der Waals surface area contributed by atoms with Crippen LogP contribution in [0.1, 0.15) is 16.1 Å². The topological polar surface area (TPSA) is 55.1 Å². The molecule has 0 atom stereocenters. The summed E-state index contributed by atoms with van der Waals surface area (Å²) < 4.78 is 32.1. The first-order chi connectivity index (χ1) is 11.1. The molecule has 1 aromatic heterocycles. The van der Waals surface area contributed by atoms with E-state index in [2.05, 4.69) is 10.5 Å². The number of halogens is 2. The summed E-state index contributed by atoms with van der Waals surface area (Å²) in [6, 6.07) is 11.5. The zero-order chi connectivity index (χ0) is 16.4. The van der Waals surface area contributed by atoms with Gasteiger partial charge in [-0.2, -0.15) is 0 Å². The number of nitrogens with one attached hydrogen (secondary N) is 1. The lowest BCUT2D eigenvalue weighted by Gasteiger charge is -2.06. The average Bonchev–Trinajstić information content (AvgIpc) is 2.91. The molecule has 0 aliphatic carbocycles. The zero-order valence-electron chi connectivity index (χ0n) is 12.1. The second-order valence-corrected chi connectivity index (χ2v) is 4.91. The number of hydrogen-bond acceptors (Lipinski definition) is 3. The molecule has 0 unspecified atom stereocenters. The van der Waals surface area contributed by atoms with Crippen molar-refractivity contribution >= 4 is 11.6 Å². The maximum atomic E-state index is 13.7. The first kappa shape index (κ1) is 14.9. The Hall–Kier alpha value is -3.02. The van der Waals surface area contributed by atoms with Gasteiger partial charge in [-0.1, -0.05) is 29.4 Å². The van der Waals surface area contributed by atoms with E-state index in [4.69, 9.17) is 4.52 Å². The number of amides is 1. The van der Waals surface area contributed by atoms with Gasteiger partial charge in [0, 0.05) is 5.56 Å². The van der Waals surface area contributed by atoms with Crippen LogP contribution in [0.3, 0.4) is 0 Å². The van der Waals surface area contributed by atoms with Crippen molar-refractivity contribution in [3.8, 4) is 11.3 Å². The van der Waals surface area contributed by atoms with Gasteiger partial charge in [-0.05, 0) is 31.2 Å². The van der Waals surface area contributed by atoms with E-state index < -0.39 is 17.5 Å². The van der Waals surface area contributed by atoms with Gasteiger partial charge in [-0.15, -0.1) is 0 Å². The summed E-state index contributed by atoms with van der Waals surface area (Å²) in [5, 5.41) is 6.29. The zero-order valence-corrected chi connectivity index (χ0v) is 12.1. The number of anilines is 1. The van der Waals surface area contributed by atoms with Gasteiger partial charge in [0.15, 0.2) is 0 Å². The molecule has 1 amide bonds. The van der Waals surface area contributed by atoms with E-state index in [0.29, 0.717) is 5.56 Å². The van der Waals surface area contributed by atoms with Crippen molar-refractivity contribution in [1.29, 1.82) is 0 Å². The molecule has 23 heavy (non-hydrogen) atoms. The fraction of sp³-hybridized carbons (Fsp3) is 0.0588. The van der Waals surface area contributed by atoms with E-state index >= 15 is 0 Å². The van der Waals surface area contributed by atoms with E-state index in [-0.39, 0.29) is 22.7 Å². The van der Waals surface area contributed by atoms with Gasteiger partial charge < -0.3 is 9.84 Å². The number of carbonyl (C=O) groups excluding carboxylic acids is 1. The second kappa shape index (κ2) is 6.00. The number of aromatic nitrogens is 1. The highest BCUT2D eigenvalue weighted by Crippen LogP contribution is 2.27. The lowest BCUT2D eigenvalue weighted by molar-refractivity contribution is 0.102. The molecule has 1 N–H and O–H groups in total. The van der Waals surface area contributed by atoms with Crippen LogP contribution in [0.2, 0.25) is 0 Å². The average molecular weight is 314 g/mol. The lowest BCUT2D eigenvalue weighted by Crippen LogP contribution is -2.14. The summed E-state index contributed by atoms with van der Waals surface area (Å²) >= 11 is 0. The minimum Gasteiger partial charge on any atom is -0.360 e. The molecule has 0 bridgehead atoms. The number of aryl methyl sites for hydroxylation is 1. The highest BCUT2D eigenvalue weighted by molar-refractivity contribution is 6.08. The summed E-state index contributed by atoms with van der Waals surface area (Å²) in [6.45, 7) is 1.56. The van der Waals surface area contributed by atoms with E-state index in [9.17, 15) is 13.6 Å². The number of nitrogens with zero attached hydrogens (tertiary/aromatic N) is 1. The van der Waals surface area contributed by atoms with Crippen LogP contribution in [0.4, 0.5) is 14.5 Å². The first-order valence-electron chi connectivity index (χ1n) is 6.84. The van der Waals surface area contributed by atoms with Gasteiger partial charge in [0.05, 0.1) is 5.69 Å². The Labute approximate surface area is 130 Å². The molecule has 0 saturated carbocycles. The summed E-state index contributed by atoms with van der Waals surface area (Å²) in [6.07, 6.45) is 0. The molecule has 0 aliphatic heterocycles. The predicted molar refractivity (Wildman–Crippen MR) is 81.0 cm³/mol. The Morgan fingerprint density at radius 1 is 1.13 bits per heavy atom. The van der Waals surface area contributed by atoms with Gasteiger partial charge in [-0.3, -0.25) is 4.79 Å². The third kappa shape index (κ3) is 2.96. The predicted octanol–water partition coefficient (Wildman–Crippen LogP) is 4.18. The Morgan fingerprint density at radius 3 is 2.65 bits per heavy atom. The fourth-order valence-corrected chi connectivity index (χ4v) is 2.22. The summed E-state index contributed by atoms with van der Waals surface area (Å²) in [7, 11) is 0. The molecule has 0 radical (unpaired) electrons. The molecule has 3 rings (SSSR count). The van der Waals surface area contributed by atoms with Gasteiger partial charge in [0.2, 0.25) is 0 Å². The highest BCUT2D eigenvalue weighted by Gasteiger charge is 2.22. The Bertz CT molecular complexity index is 875. The lowest BCUT2D eigenvalue weighted by atomic mass is 10.1. The van der Waals surface area contributed by atoms with Crippen LogP contribution >= 0.6 is 0 Å². The van der Waals surface area contributed by atoms with Crippen LogP contribution in [-0.2, 0) is 0 Å². The highest BCUT2D eigenvalue weighted by atomic mass is 19.1. The molecule has 6 heteroatoms. The number of carbonyl (C=O) groups is 1. The van der Waals surface area contributed by atoms with Crippen LogP contribution < -0.4 is 5.32 Å². The molecule has 0 aliphatic rings. The second-order valence-electron chi connectivity index (χ2n) is 4.91. The number of rotatable bonds is 3. The Balaban J connectivity index is 1.99. The SMILES string of the molecule is Cc1onc(-c2cccc(F)c2)c1C(=O)Nc1ccccc1F. The third-order valence-corrected chi connectivity index (χ3v) is 3.31. The quantitative estimate of drug-likeness (QED) is 0.789. The minimum absolute atomic E-state index is 0.0447. The number of para-hydroxylation sites is 1. The smallest absolute Gasteiger partial charge is 0.261 e. The Kier molecular flexibility index (Phi) is 3.89. The largest absolute Gasteiger partial charge is 0.360 e.